The zero-order valence-corrected chi connectivity index (χ0v) is 15.2. The molecule has 0 aliphatic carbocycles. The number of carbonyl (C=O) groups is 3. The lowest BCUT2D eigenvalue weighted by Crippen LogP contribution is -2.52. The van der Waals surface area contributed by atoms with Crippen LogP contribution in [0.2, 0.25) is 0 Å². The second kappa shape index (κ2) is 8.36. The van der Waals surface area contributed by atoms with Crippen LogP contribution in [0.5, 0.6) is 0 Å². The maximum Gasteiger partial charge on any atom is 0.408 e. The molecule has 25 heavy (non-hydrogen) atoms. The number of ether oxygens (including phenoxy) is 2. The predicted octanol–water partition coefficient (Wildman–Crippen LogP) is 2.15. The number of nitrogens with zero attached hydrogens (tertiary/aromatic N) is 1. The van der Waals surface area contributed by atoms with Crippen molar-refractivity contribution in [3.63, 3.8) is 0 Å². The summed E-state index contributed by atoms with van der Waals surface area (Å²) in [5.41, 5.74) is -0.645. The fraction of sp³-hybridized carbons (Fsp3) is 0.722. The number of allylic oxidation sites excluding steroid dienone is 1. The summed E-state index contributed by atoms with van der Waals surface area (Å²) >= 11 is 0. The summed E-state index contributed by atoms with van der Waals surface area (Å²) in [5.74, 6) is -0.623. The molecule has 1 saturated heterocycles. The third kappa shape index (κ3) is 5.76. The maximum atomic E-state index is 12.9. The molecule has 0 spiro atoms. The molecule has 2 atom stereocenters. The number of amides is 2. The van der Waals surface area contributed by atoms with Crippen LogP contribution in [0.25, 0.3) is 0 Å². The minimum absolute atomic E-state index is 0.268. The zero-order valence-electron chi connectivity index (χ0n) is 15.2. The van der Waals surface area contributed by atoms with Gasteiger partial charge in [-0.15, -0.1) is 0 Å². The SMILES string of the molecule is CC(C)(C)OC(=O)N[C@@H]1C/C=C\CCCOC(=O)[C@@H]2CCCN2C1=O. The highest BCUT2D eigenvalue weighted by Gasteiger charge is 2.38. The number of carbonyl (C=O) groups excluding carboxylic acids is 3. The number of nitrogens with one attached hydrogen (secondary N) is 1. The van der Waals surface area contributed by atoms with Crippen molar-refractivity contribution < 1.29 is 23.9 Å². The standard InChI is InChI=1S/C18H28N2O5/c1-18(2,3)25-17(23)19-13-9-6-4-5-7-12-24-16(22)14-10-8-11-20(14)15(13)21/h4,6,13-14H,5,7-12H2,1-3H3,(H,19,23)/b6-4-/t13-,14+/m1/s1. The van der Waals surface area contributed by atoms with Crippen molar-refractivity contribution in [2.75, 3.05) is 13.2 Å². The van der Waals surface area contributed by atoms with E-state index in [0.29, 0.717) is 26.0 Å². The minimum atomic E-state index is -0.751. The van der Waals surface area contributed by atoms with Gasteiger partial charge in [-0.25, -0.2) is 9.59 Å². The Morgan fingerprint density at radius 2 is 2.04 bits per heavy atom. The molecule has 140 valence electrons. The van der Waals surface area contributed by atoms with Gasteiger partial charge in [0.15, 0.2) is 0 Å². The molecule has 2 amide bonds. The largest absolute Gasteiger partial charge is 0.464 e. The highest BCUT2D eigenvalue weighted by atomic mass is 16.6. The first-order valence-corrected chi connectivity index (χ1v) is 8.89. The van der Waals surface area contributed by atoms with Gasteiger partial charge in [-0.1, -0.05) is 12.2 Å². The molecule has 0 aromatic rings. The van der Waals surface area contributed by atoms with Crippen LogP contribution < -0.4 is 5.32 Å². The number of hydrogen-bond donors (Lipinski definition) is 1. The molecule has 2 heterocycles. The average molecular weight is 352 g/mol. The fourth-order valence-corrected chi connectivity index (χ4v) is 2.97. The van der Waals surface area contributed by atoms with Gasteiger partial charge in [-0.2, -0.15) is 0 Å². The Labute approximate surface area is 148 Å². The molecule has 0 radical (unpaired) electrons. The van der Waals surface area contributed by atoms with Crippen molar-refractivity contribution in [2.24, 2.45) is 0 Å². The van der Waals surface area contributed by atoms with Crippen LogP contribution in [0.1, 0.15) is 52.9 Å². The van der Waals surface area contributed by atoms with Crippen LogP contribution in [0, 0.1) is 0 Å². The highest BCUT2D eigenvalue weighted by molar-refractivity contribution is 5.90. The molecule has 7 heteroatoms. The van der Waals surface area contributed by atoms with E-state index in [9.17, 15) is 14.4 Å². The number of esters is 1. The molecule has 1 fully saturated rings. The van der Waals surface area contributed by atoms with Crippen molar-refractivity contribution in [1.29, 1.82) is 0 Å². The Morgan fingerprint density at radius 1 is 1.28 bits per heavy atom. The molecule has 2 aliphatic heterocycles. The molecule has 0 unspecified atom stereocenters. The first kappa shape index (κ1) is 19.3. The molecule has 0 aromatic carbocycles. The normalized spacial score (nSPS) is 26.8. The third-order valence-electron chi connectivity index (χ3n) is 4.09. The van der Waals surface area contributed by atoms with Crippen LogP contribution in [-0.4, -0.2) is 53.7 Å². The number of alkyl carbamates (subject to hydrolysis) is 1. The van der Waals surface area contributed by atoms with Gasteiger partial charge in [0.05, 0.1) is 6.61 Å². The molecule has 0 bridgehead atoms. The summed E-state index contributed by atoms with van der Waals surface area (Å²) in [7, 11) is 0. The lowest BCUT2D eigenvalue weighted by Gasteiger charge is -2.29. The van der Waals surface area contributed by atoms with Crippen LogP contribution in [-0.2, 0) is 19.1 Å². The second-order valence-electron chi connectivity index (χ2n) is 7.41. The van der Waals surface area contributed by atoms with Gasteiger partial charge in [0.2, 0.25) is 5.91 Å². The van der Waals surface area contributed by atoms with E-state index in [0.717, 1.165) is 19.3 Å². The van der Waals surface area contributed by atoms with Crippen molar-refractivity contribution in [3.05, 3.63) is 12.2 Å². The molecule has 7 nitrogen and oxygen atoms in total. The number of fused-ring (bicyclic) bond motifs is 1. The van der Waals surface area contributed by atoms with Gasteiger partial charge < -0.3 is 19.7 Å². The third-order valence-corrected chi connectivity index (χ3v) is 4.09. The minimum Gasteiger partial charge on any atom is -0.464 e. The quantitative estimate of drug-likeness (QED) is 0.577. The Balaban J connectivity index is 2.14. The fourth-order valence-electron chi connectivity index (χ4n) is 2.97. The summed E-state index contributed by atoms with van der Waals surface area (Å²) in [6, 6.07) is -1.31. The Morgan fingerprint density at radius 3 is 2.76 bits per heavy atom. The van der Waals surface area contributed by atoms with E-state index in [4.69, 9.17) is 9.47 Å². The molecule has 0 aromatic heterocycles. The van der Waals surface area contributed by atoms with Gasteiger partial charge in [0.1, 0.15) is 17.7 Å². The summed E-state index contributed by atoms with van der Waals surface area (Å²) < 4.78 is 10.5. The van der Waals surface area contributed by atoms with Crippen LogP contribution in [0.4, 0.5) is 4.79 Å². The van der Waals surface area contributed by atoms with Gasteiger partial charge >= 0.3 is 12.1 Å². The van der Waals surface area contributed by atoms with E-state index < -0.39 is 23.8 Å². The van der Waals surface area contributed by atoms with E-state index in [1.165, 1.54) is 4.90 Å². The summed E-state index contributed by atoms with van der Waals surface area (Å²) in [6.07, 6.45) is 6.41. The molecular formula is C18H28N2O5. The predicted molar refractivity (Wildman–Crippen MR) is 91.8 cm³/mol. The summed E-state index contributed by atoms with van der Waals surface area (Å²) in [4.78, 5) is 38.7. The number of rotatable bonds is 1. The molecular weight excluding hydrogens is 324 g/mol. The van der Waals surface area contributed by atoms with Crippen molar-refractivity contribution in [3.8, 4) is 0 Å². The van der Waals surface area contributed by atoms with E-state index in [1.807, 2.05) is 12.2 Å². The Bertz CT molecular complexity index is 538. The van der Waals surface area contributed by atoms with E-state index in [2.05, 4.69) is 5.32 Å². The zero-order chi connectivity index (χ0) is 18.4. The lowest BCUT2D eigenvalue weighted by molar-refractivity contribution is -0.154. The molecule has 1 N–H and O–H groups in total. The van der Waals surface area contributed by atoms with Crippen molar-refractivity contribution >= 4 is 18.0 Å². The van der Waals surface area contributed by atoms with Crippen LogP contribution in [0.3, 0.4) is 0 Å². The molecule has 2 rings (SSSR count). The smallest absolute Gasteiger partial charge is 0.408 e. The summed E-state index contributed by atoms with van der Waals surface area (Å²) in [5, 5.41) is 2.65. The van der Waals surface area contributed by atoms with Crippen LogP contribution in [0.15, 0.2) is 12.2 Å². The van der Waals surface area contributed by atoms with Gasteiger partial charge in [-0.3, -0.25) is 4.79 Å². The van der Waals surface area contributed by atoms with E-state index in [-0.39, 0.29) is 11.9 Å². The highest BCUT2D eigenvalue weighted by Crippen LogP contribution is 2.21. The number of hydrogen-bond acceptors (Lipinski definition) is 5. The van der Waals surface area contributed by atoms with Crippen LogP contribution >= 0.6 is 0 Å². The lowest BCUT2D eigenvalue weighted by atomic mass is 10.1. The molecule has 2 aliphatic rings. The maximum absolute atomic E-state index is 12.9. The summed E-state index contributed by atoms with van der Waals surface area (Å²) in [6.45, 7) is 6.15. The first-order chi connectivity index (χ1) is 11.8. The molecule has 0 saturated carbocycles. The van der Waals surface area contributed by atoms with Gasteiger partial charge in [0.25, 0.3) is 0 Å². The topological polar surface area (TPSA) is 84.9 Å². The van der Waals surface area contributed by atoms with Gasteiger partial charge in [-0.05, 0) is 52.9 Å². The average Bonchev–Trinajstić information content (AvgIpc) is 2.98. The Hall–Kier alpha value is -2.05. The Kier molecular flexibility index (Phi) is 6.45. The van der Waals surface area contributed by atoms with E-state index >= 15 is 0 Å². The van der Waals surface area contributed by atoms with Crippen molar-refractivity contribution in [1.82, 2.24) is 10.2 Å². The second-order valence-corrected chi connectivity index (χ2v) is 7.41. The number of cyclic esters (lactones) is 1. The van der Waals surface area contributed by atoms with Gasteiger partial charge in [0, 0.05) is 6.54 Å². The monoisotopic (exact) mass is 352 g/mol. The van der Waals surface area contributed by atoms with Crippen molar-refractivity contribution in [2.45, 2.75) is 70.6 Å². The first-order valence-electron chi connectivity index (χ1n) is 8.89. The van der Waals surface area contributed by atoms with E-state index in [1.54, 1.807) is 20.8 Å².